The van der Waals surface area contributed by atoms with Crippen molar-refractivity contribution in [1.82, 2.24) is 10.2 Å². The number of nitrogens with one attached hydrogen (secondary N) is 1. The van der Waals surface area contributed by atoms with Gasteiger partial charge in [0.05, 0.1) is 12.7 Å². The molecule has 2 fully saturated rings. The zero-order valence-electron chi connectivity index (χ0n) is 16.9. The molecule has 1 aromatic rings. The first kappa shape index (κ1) is 24.6. The highest BCUT2D eigenvalue weighted by Crippen LogP contribution is 2.33. The number of nitrogens with zero attached hydrogens (tertiary/aromatic N) is 1. The first-order valence-corrected chi connectivity index (χ1v) is 10.4. The number of hydrogen-bond donors (Lipinski definition) is 2. The number of aryl methyl sites for hydroxylation is 1. The van der Waals surface area contributed by atoms with Crippen molar-refractivity contribution in [1.29, 1.82) is 0 Å². The summed E-state index contributed by atoms with van der Waals surface area (Å²) in [7, 11) is 1.63. The van der Waals surface area contributed by atoms with Crippen LogP contribution in [0.4, 0.5) is 13.2 Å². The van der Waals surface area contributed by atoms with E-state index in [9.17, 15) is 18.0 Å². The average Bonchev–Trinajstić information content (AvgIpc) is 3.27. The number of ether oxygens (including phenoxy) is 2. The third kappa shape index (κ3) is 7.22. The van der Waals surface area contributed by atoms with Crippen LogP contribution in [0.5, 0.6) is 0 Å². The summed E-state index contributed by atoms with van der Waals surface area (Å²) in [6, 6.07) is 4.87. The highest BCUT2D eigenvalue weighted by molar-refractivity contribution is 7.11. The molecule has 170 valence electrons. The molecule has 1 aromatic heterocycles. The van der Waals surface area contributed by atoms with Gasteiger partial charge in [-0.3, -0.25) is 9.69 Å². The predicted octanol–water partition coefficient (Wildman–Crippen LogP) is 2.57. The number of likely N-dealkylation sites (tertiary alicyclic amines) is 1. The van der Waals surface area contributed by atoms with Gasteiger partial charge in [0.2, 0.25) is 5.91 Å². The van der Waals surface area contributed by atoms with Crippen LogP contribution in [-0.4, -0.2) is 73.1 Å². The molecule has 2 N–H and O–H groups in total. The lowest BCUT2D eigenvalue weighted by atomic mass is 9.98. The van der Waals surface area contributed by atoms with E-state index in [2.05, 4.69) is 29.3 Å². The van der Waals surface area contributed by atoms with E-state index >= 15 is 0 Å². The first-order valence-electron chi connectivity index (χ1n) is 9.63. The maximum absolute atomic E-state index is 12.1. The molecule has 3 rings (SSSR count). The van der Waals surface area contributed by atoms with E-state index in [1.807, 2.05) is 11.3 Å². The number of amides is 1. The second kappa shape index (κ2) is 11.1. The number of carbonyl (C=O) groups is 2. The lowest BCUT2D eigenvalue weighted by Crippen LogP contribution is -2.48. The van der Waals surface area contributed by atoms with Gasteiger partial charge in [0, 0.05) is 42.5 Å². The zero-order chi connectivity index (χ0) is 22.3. The second-order valence-corrected chi connectivity index (χ2v) is 8.54. The van der Waals surface area contributed by atoms with E-state index in [1.165, 1.54) is 9.75 Å². The lowest BCUT2D eigenvalue weighted by Gasteiger charge is -2.35. The summed E-state index contributed by atoms with van der Waals surface area (Å²) in [5, 5.41) is 10.0. The molecule has 1 amide bonds. The molecule has 0 aromatic carbocycles. The molecule has 3 heterocycles. The van der Waals surface area contributed by atoms with Crippen molar-refractivity contribution in [2.75, 3.05) is 26.8 Å². The summed E-state index contributed by atoms with van der Waals surface area (Å²) >= 11 is 1.87. The van der Waals surface area contributed by atoms with Crippen LogP contribution in [-0.2, 0) is 25.6 Å². The van der Waals surface area contributed by atoms with Gasteiger partial charge in [-0.05, 0) is 38.3 Å². The highest BCUT2D eigenvalue weighted by Gasteiger charge is 2.41. The van der Waals surface area contributed by atoms with E-state index in [4.69, 9.17) is 19.4 Å². The topological polar surface area (TPSA) is 88.1 Å². The molecule has 3 atom stereocenters. The Labute approximate surface area is 177 Å². The number of alkyl halides is 3. The maximum Gasteiger partial charge on any atom is 0.490 e. The molecule has 0 spiro atoms. The molecule has 0 radical (unpaired) electrons. The number of thiophene rings is 1. The summed E-state index contributed by atoms with van der Waals surface area (Å²) in [6.07, 6.45) is -2.31. The Morgan fingerprint density at radius 3 is 2.60 bits per heavy atom. The number of hydrogen-bond acceptors (Lipinski definition) is 6. The van der Waals surface area contributed by atoms with Crippen LogP contribution < -0.4 is 5.32 Å². The summed E-state index contributed by atoms with van der Waals surface area (Å²) in [6.45, 7) is 5.31. The van der Waals surface area contributed by atoms with Gasteiger partial charge in [-0.25, -0.2) is 4.79 Å². The molecule has 11 heteroatoms. The normalized spacial score (nSPS) is 24.0. The third-order valence-electron chi connectivity index (χ3n) is 4.96. The molecule has 0 unspecified atom stereocenters. The van der Waals surface area contributed by atoms with Crippen LogP contribution in [0.1, 0.15) is 29.0 Å². The number of methoxy groups -OCH3 is 1. The first-order chi connectivity index (χ1) is 14.1. The van der Waals surface area contributed by atoms with Crippen molar-refractivity contribution in [3.63, 3.8) is 0 Å². The molecule has 0 aliphatic carbocycles. The molecule has 2 aliphatic heterocycles. The summed E-state index contributed by atoms with van der Waals surface area (Å²) in [5.41, 5.74) is 0. The molecule has 30 heavy (non-hydrogen) atoms. The predicted molar refractivity (Wildman–Crippen MR) is 104 cm³/mol. The third-order valence-corrected chi connectivity index (χ3v) is 5.94. The van der Waals surface area contributed by atoms with Crippen LogP contribution in [0.25, 0.3) is 0 Å². The molecule has 0 bridgehead atoms. The van der Waals surface area contributed by atoms with Gasteiger partial charge in [-0.2, -0.15) is 13.2 Å². The molecular formula is C19H27F3N2O5S. The Morgan fingerprint density at radius 1 is 1.33 bits per heavy atom. The van der Waals surface area contributed by atoms with Gasteiger partial charge in [0.25, 0.3) is 0 Å². The maximum atomic E-state index is 12.1. The van der Waals surface area contributed by atoms with Gasteiger partial charge in [-0.15, -0.1) is 11.3 Å². The summed E-state index contributed by atoms with van der Waals surface area (Å²) < 4.78 is 42.8. The molecule has 7 nitrogen and oxygen atoms in total. The number of aliphatic carboxylic acids is 1. The van der Waals surface area contributed by atoms with Crippen LogP contribution in [0.15, 0.2) is 12.1 Å². The molecule has 2 aliphatic rings. The van der Waals surface area contributed by atoms with Crippen molar-refractivity contribution in [2.24, 2.45) is 0 Å². The van der Waals surface area contributed by atoms with E-state index in [1.54, 1.807) is 7.11 Å². The SMILES string of the molecule is COCCNC(=O)[C@H]1CC[C@@H]2[C@@H](CCN2Cc2ccc(C)s2)O1.O=C(O)C(F)(F)F. The fraction of sp³-hybridized carbons (Fsp3) is 0.684. The van der Waals surface area contributed by atoms with E-state index in [0.29, 0.717) is 19.2 Å². The minimum Gasteiger partial charge on any atom is -0.475 e. The van der Waals surface area contributed by atoms with Crippen molar-refractivity contribution in [3.05, 3.63) is 21.9 Å². The van der Waals surface area contributed by atoms with Crippen LogP contribution >= 0.6 is 11.3 Å². The monoisotopic (exact) mass is 452 g/mol. The van der Waals surface area contributed by atoms with Crippen molar-refractivity contribution >= 4 is 23.2 Å². The molecule has 2 saturated heterocycles. The Balaban J connectivity index is 0.000000396. The van der Waals surface area contributed by atoms with Crippen LogP contribution in [0.3, 0.4) is 0 Å². The Hall–Kier alpha value is -1.69. The van der Waals surface area contributed by atoms with E-state index in [0.717, 1.165) is 32.4 Å². The number of halogens is 3. The van der Waals surface area contributed by atoms with Crippen LogP contribution in [0, 0.1) is 6.92 Å². The fourth-order valence-corrected chi connectivity index (χ4v) is 4.48. The minimum absolute atomic E-state index is 0.00725. The Kier molecular flexibility index (Phi) is 9.08. The van der Waals surface area contributed by atoms with Crippen LogP contribution in [0.2, 0.25) is 0 Å². The molecule has 0 saturated carbocycles. The zero-order valence-corrected chi connectivity index (χ0v) is 17.7. The largest absolute Gasteiger partial charge is 0.490 e. The smallest absolute Gasteiger partial charge is 0.475 e. The fourth-order valence-electron chi connectivity index (χ4n) is 3.56. The highest BCUT2D eigenvalue weighted by atomic mass is 32.1. The summed E-state index contributed by atoms with van der Waals surface area (Å²) in [4.78, 5) is 26.3. The van der Waals surface area contributed by atoms with Gasteiger partial charge in [0.1, 0.15) is 6.10 Å². The van der Waals surface area contributed by atoms with Crippen molar-refractivity contribution in [2.45, 2.75) is 57.2 Å². The second-order valence-electron chi connectivity index (χ2n) is 7.17. The van der Waals surface area contributed by atoms with Crippen molar-refractivity contribution in [3.8, 4) is 0 Å². The lowest BCUT2D eigenvalue weighted by molar-refractivity contribution is -0.192. The number of carboxylic acid groups (broad SMARTS) is 1. The Bertz CT molecular complexity index is 713. The van der Waals surface area contributed by atoms with E-state index < -0.39 is 12.1 Å². The number of rotatable bonds is 6. The number of carbonyl (C=O) groups excluding carboxylic acids is 1. The average molecular weight is 452 g/mol. The van der Waals surface area contributed by atoms with Gasteiger partial charge < -0.3 is 19.9 Å². The number of carboxylic acids is 1. The van der Waals surface area contributed by atoms with Gasteiger partial charge in [-0.1, -0.05) is 0 Å². The number of fused-ring (bicyclic) bond motifs is 1. The van der Waals surface area contributed by atoms with Gasteiger partial charge >= 0.3 is 12.1 Å². The summed E-state index contributed by atoms with van der Waals surface area (Å²) in [5.74, 6) is -2.75. The minimum atomic E-state index is -5.08. The quantitative estimate of drug-likeness (QED) is 0.645. The van der Waals surface area contributed by atoms with E-state index in [-0.39, 0.29) is 18.1 Å². The van der Waals surface area contributed by atoms with Crippen molar-refractivity contribution < 1.29 is 37.3 Å². The Morgan fingerprint density at radius 2 is 2.03 bits per heavy atom. The van der Waals surface area contributed by atoms with Gasteiger partial charge in [0.15, 0.2) is 0 Å². The molecular weight excluding hydrogens is 425 g/mol. The standard InChI is InChI=1S/C17H26N2O3S.C2HF3O2/c1-12-3-4-13(23-12)11-19-9-7-15-14(19)5-6-16(22-15)17(20)18-8-10-21-2;3-2(4,5)1(6)7/h3-4,14-16H,5-11H2,1-2H3,(H,18,20);(H,6,7)/t14-,15-,16-;/m1./s1.